The second-order valence-corrected chi connectivity index (χ2v) is 8.38. The highest BCUT2D eigenvalue weighted by Crippen LogP contribution is 2.45. The van der Waals surface area contributed by atoms with E-state index < -0.39 is 17.4 Å². The van der Waals surface area contributed by atoms with E-state index in [0.29, 0.717) is 11.3 Å². The van der Waals surface area contributed by atoms with Gasteiger partial charge in [0.1, 0.15) is 5.82 Å². The molecule has 1 atom stereocenters. The Labute approximate surface area is 190 Å². The van der Waals surface area contributed by atoms with Crippen molar-refractivity contribution >= 4 is 29.1 Å². The standard InChI is InChI=1S/C26H22FN3O3/c1-17-11-12-20(27)21(15-17)28-25(33)26-14-13-23(31)30(26)22-10-6-5-9-19(22)24(32)29(26)16-18-7-3-2-4-8-18/h2-12,15H,13-14,16H2,1H3,(H,28,33)/t26-/m1/s1. The summed E-state index contributed by atoms with van der Waals surface area (Å²) in [4.78, 5) is 43.5. The van der Waals surface area contributed by atoms with Crippen LogP contribution in [0.3, 0.4) is 0 Å². The molecule has 2 aliphatic rings. The zero-order valence-electron chi connectivity index (χ0n) is 18.0. The topological polar surface area (TPSA) is 69.7 Å². The van der Waals surface area contributed by atoms with Crippen LogP contribution in [0.2, 0.25) is 0 Å². The normalized spacial score (nSPS) is 19.3. The molecule has 0 radical (unpaired) electrons. The minimum Gasteiger partial charge on any atom is -0.320 e. The maximum atomic E-state index is 14.5. The fraction of sp³-hybridized carbons (Fsp3) is 0.192. The van der Waals surface area contributed by atoms with Gasteiger partial charge in [-0.1, -0.05) is 48.5 Å². The summed E-state index contributed by atoms with van der Waals surface area (Å²) < 4.78 is 14.5. The van der Waals surface area contributed by atoms with Crippen LogP contribution >= 0.6 is 0 Å². The van der Waals surface area contributed by atoms with Gasteiger partial charge in [0.2, 0.25) is 11.6 Å². The van der Waals surface area contributed by atoms with E-state index in [4.69, 9.17) is 0 Å². The monoisotopic (exact) mass is 443 g/mol. The summed E-state index contributed by atoms with van der Waals surface area (Å²) in [5.41, 5.74) is 0.755. The Balaban J connectivity index is 1.66. The number of halogens is 1. The second-order valence-electron chi connectivity index (χ2n) is 8.38. The van der Waals surface area contributed by atoms with Crippen LogP contribution in [0.25, 0.3) is 0 Å². The van der Waals surface area contributed by atoms with Crippen LogP contribution < -0.4 is 10.2 Å². The smallest absolute Gasteiger partial charge is 0.271 e. The molecule has 7 heteroatoms. The minimum atomic E-state index is -1.60. The van der Waals surface area contributed by atoms with Crippen molar-refractivity contribution in [2.75, 3.05) is 10.2 Å². The average Bonchev–Trinajstić information content (AvgIpc) is 3.18. The number of amides is 3. The zero-order valence-corrected chi connectivity index (χ0v) is 18.0. The molecule has 3 aromatic carbocycles. The van der Waals surface area contributed by atoms with Crippen molar-refractivity contribution < 1.29 is 18.8 Å². The van der Waals surface area contributed by atoms with E-state index in [1.54, 1.807) is 37.3 Å². The molecule has 0 spiro atoms. The second kappa shape index (κ2) is 7.85. The maximum Gasteiger partial charge on any atom is 0.271 e. The number of rotatable bonds is 4. The average molecular weight is 443 g/mol. The summed E-state index contributed by atoms with van der Waals surface area (Å²) in [6.45, 7) is 1.92. The summed E-state index contributed by atoms with van der Waals surface area (Å²) in [5, 5.41) is 2.67. The molecular weight excluding hydrogens is 421 g/mol. The third kappa shape index (κ3) is 3.28. The summed E-state index contributed by atoms with van der Waals surface area (Å²) in [6.07, 6.45) is 0.203. The number of carbonyl (C=O) groups excluding carboxylic acids is 3. The third-order valence-corrected chi connectivity index (χ3v) is 6.29. The number of anilines is 2. The number of hydrogen-bond donors (Lipinski definition) is 1. The van der Waals surface area contributed by atoms with Gasteiger partial charge in [-0.05, 0) is 42.3 Å². The SMILES string of the molecule is Cc1ccc(F)c(NC(=O)[C@@]23CCC(=O)N2c2ccccc2C(=O)N3Cc2ccccc2)c1. The Morgan fingerprint density at radius 2 is 1.76 bits per heavy atom. The highest BCUT2D eigenvalue weighted by molar-refractivity contribution is 6.18. The lowest BCUT2D eigenvalue weighted by molar-refractivity contribution is -0.129. The Morgan fingerprint density at radius 3 is 2.55 bits per heavy atom. The summed E-state index contributed by atoms with van der Waals surface area (Å²) in [5.74, 6) is -1.80. The quantitative estimate of drug-likeness (QED) is 0.655. The van der Waals surface area contributed by atoms with Crippen LogP contribution in [0.5, 0.6) is 0 Å². The van der Waals surface area contributed by atoms with E-state index in [1.165, 1.54) is 21.9 Å². The summed E-state index contributed by atoms with van der Waals surface area (Å²) in [6, 6.07) is 20.5. The highest BCUT2D eigenvalue weighted by Gasteiger charge is 2.60. The number of carbonyl (C=O) groups is 3. The van der Waals surface area contributed by atoms with E-state index in [2.05, 4.69) is 5.32 Å². The van der Waals surface area contributed by atoms with E-state index in [9.17, 15) is 18.8 Å². The van der Waals surface area contributed by atoms with Gasteiger partial charge in [-0.3, -0.25) is 19.3 Å². The van der Waals surface area contributed by atoms with Crippen molar-refractivity contribution in [2.45, 2.75) is 32.0 Å². The number of nitrogens with zero attached hydrogens (tertiary/aromatic N) is 2. The van der Waals surface area contributed by atoms with E-state index in [-0.39, 0.29) is 36.9 Å². The van der Waals surface area contributed by atoms with Crippen molar-refractivity contribution in [1.82, 2.24) is 4.90 Å². The highest BCUT2D eigenvalue weighted by atomic mass is 19.1. The summed E-state index contributed by atoms with van der Waals surface area (Å²) in [7, 11) is 0. The predicted octanol–water partition coefficient (Wildman–Crippen LogP) is 4.25. The molecule has 0 bridgehead atoms. The lowest BCUT2D eigenvalue weighted by atomic mass is 9.94. The number of para-hydroxylation sites is 1. The Morgan fingerprint density at radius 1 is 1.03 bits per heavy atom. The number of fused-ring (bicyclic) bond motifs is 3. The van der Waals surface area contributed by atoms with E-state index >= 15 is 0 Å². The van der Waals surface area contributed by atoms with Gasteiger partial charge in [-0.25, -0.2) is 4.39 Å². The maximum absolute atomic E-state index is 14.5. The van der Waals surface area contributed by atoms with Gasteiger partial charge in [-0.2, -0.15) is 0 Å². The molecule has 6 nitrogen and oxygen atoms in total. The molecule has 3 amide bonds. The first-order chi connectivity index (χ1) is 15.9. The lowest BCUT2D eigenvalue weighted by Crippen LogP contribution is -2.69. The van der Waals surface area contributed by atoms with Crippen molar-refractivity contribution in [3.05, 3.63) is 95.3 Å². The van der Waals surface area contributed by atoms with Crippen molar-refractivity contribution in [2.24, 2.45) is 0 Å². The number of nitrogens with one attached hydrogen (secondary N) is 1. The van der Waals surface area contributed by atoms with E-state index in [1.807, 2.05) is 30.3 Å². The van der Waals surface area contributed by atoms with Crippen LogP contribution in [0.1, 0.15) is 34.3 Å². The summed E-state index contributed by atoms with van der Waals surface area (Å²) >= 11 is 0. The van der Waals surface area contributed by atoms with Gasteiger partial charge in [0.05, 0.1) is 16.9 Å². The molecule has 33 heavy (non-hydrogen) atoms. The van der Waals surface area contributed by atoms with Crippen molar-refractivity contribution in [3.63, 3.8) is 0 Å². The molecule has 1 N–H and O–H groups in total. The van der Waals surface area contributed by atoms with Crippen LogP contribution in [0.15, 0.2) is 72.8 Å². The van der Waals surface area contributed by atoms with Crippen LogP contribution in [-0.2, 0) is 16.1 Å². The molecule has 0 aliphatic carbocycles. The molecule has 0 unspecified atom stereocenters. The van der Waals surface area contributed by atoms with Crippen LogP contribution in [0, 0.1) is 12.7 Å². The Bertz CT molecular complexity index is 1280. The first-order valence-corrected chi connectivity index (χ1v) is 10.8. The molecule has 166 valence electrons. The molecule has 2 aliphatic heterocycles. The van der Waals surface area contributed by atoms with Gasteiger partial charge in [0.15, 0.2) is 0 Å². The fourth-order valence-electron chi connectivity index (χ4n) is 4.73. The molecule has 1 saturated heterocycles. The fourth-order valence-corrected chi connectivity index (χ4v) is 4.73. The van der Waals surface area contributed by atoms with Crippen LogP contribution in [-0.4, -0.2) is 28.3 Å². The van der Waals surface area contributed by atoms with Crippen LogP contribution in [0.4, 0.5) is 15.8 Å². The lowest BCUT2D eigenvalue weighted by Gasteiger charge is -2.49. The first-order valence-electron chi connectivity index (χ1n) is 10.8. The van der Waals surface area contributed by atoms with Gasteiger partial charge in [0.25, 0.3) is 11.8 Å². The molecule has 1 fully saturated rings. The van der Waals surface area contributed by atoms with Crippen molar-refractivity contribution in [3.8, 4) is 0 Å². The molecule has 5 rings (SSSR count). The van der Waals surface area contributed by atoms with Gasteiger partial charge >= 0.3 is 0 Å². The zero-order chi connectivity index (χ0) is 23.2. The predicted molar refractivity (Wildman–Crippen MR) is 122 cm³/mol. The first kappa shape index (κ1) is 20.9. The van der Waals surface area contributed by atoms with Crippen molar-refractivity contribution in [1.29, 1.82) is 0 Å². The Kier molecular flexibility index (Phi) is 4.96. The number of benzene rings is 3. The molecule has 0 saturated carbocycles. The number of aryl methyl sites for hydroxylation is 1. The molecule has 2 heterocycles. The molecule has 0 aromatic heterocycles. The third-order valence-electron chi connectivity index (χ3n) is 6.29. The Hall–Kier alpha value is -4.00. The van der Waals surface area contributed by atoms with Gasteiger partial charge in [0, 0.05) is 19.4 Å². The number of hydrogen-bond acceptors (Lipinski definition) is 3. The van der Waals surface area contributed by atoms with Gasteiger partial charge in [-0.15, -0.1) is 0 Å². The minimum absolute atomic E-state index is 0.0136. The molecule has 3 aromatic rings. The van der Waals surface area contributed by atoms with E-state index in [0.717, 1.165) is 11.1 Å². The van der Waals surface area contributed by atoms with Gasteiger partial charge < -0.3 is 10.2 Å². The largest absolute Gasteiger partial charge is 0.320 e. The molecular formula is C26H22FN3O3.